The normalized spacial score (nSPS) is 14.1. The maximum Gasteiger partial charge on any atom is 0.256 e. The maximum atomic E-state index is 13.2. The van der Waals surface area contributed by atoms with Gasteiger partial charge in [0, 0.05) is 17.0 Å². The van der Waals surface area contributed by atoms with Crippen molar-refractivity contribution in [3.63, 3.8) is 0 Å². The Hall–Kier alpha value is -3.32. The predicted octanol–water partition coefficient (Wildman–Crippen LogP) is 4.54. The van der Waals surface area contributed by atoms with Crippen molar-refractivity contribution < 1.29 is 19.1 Å². The molecule has 0 unspecified atom stereocenters. The lowest BCUT2D eigenvalue weighted by molar-refractivity contribution is 0.0951. The summed E-state index contributed by atoms with van der Waals surface area (Å²) in [5.74, 6) is 0.765. The number of hydrogen-bond donors (Lipinski definition) is 2. The number of aryl methyl sites for hydroxylation is 1. The Morgan fingerprint density at radius 3 is 2.61 bits per heavy atom. The van der Waals surface area contributed by atoms with Gasteiger partial charge in [0.05, 0.1) is 5.56 Å². The number of benzene rings is 2. The number of fused-ring (bicyclic) bond motifs is 2. The summed E-state index contributed by atoms with van der Waals surface area (Å²) in [4.78, 5) is 27.3. The first kappa shape index (κ1) is 19.6. The Morgan fingerprint density at radius 1 is 0.935 bits per heavy atom. The van der Waals surface area contributed by atoms with Crippen molar-refractivity contribution in [2.75, 3.05) is 12.1 Å². The molecule has 7 heteroatoms. The van der Waals surface area contributed by atoms with Gasteiger partial charge in [0.2, 0.25) is 6.79 Å². The Balaban J connectivity index is 1.39. The minimum Gasteiger partial charge on any atom is -0.454 e. The van der Waals surface area contributed by atoms with Crippen LogP contribution in [0.2, 0.25) is 0 Å². The molecule has 1 aromatic heterocycles. The maximum absolute atomic E-state index is 13.2. The molecule has 0 bridgehead atoms. The third-order valence-electron chi connectivity index (χ3n) is 5.56. The second-order valence-electron chi connectivity index (χ2n) is 7.61. The van der Waals surface area contributed by atoms with Crippen molar-refractivity contribution in [1.82, 2.24) is 5.32 Å². The lowest BCUT2D eigenvalue weighted by Crippen LogP contribution is -2.25. The number of anilines is 1. The number of rotatable bonds is 5. The second-order valence-corrected chi connectivity index (χ2v) is 8.71. The molecule has 31 heavy (non-hydrogen) atoms. The van der Waals surface area contributed by atoms with Gasteiger partial charge in [-0.25, -0.2) is 0 Å². The average molecular weight is 435 g/mol. The molecule has 2 amide bonds. The first-order valence-electron chi connectivity index (χ1n) is 10.4. The zero-order chi connectivity index (χ0) is 21.2. The largest absolute Gasteiger partial charge is 0.454 e. The number of nitrogens with one attached hydrogen (secondary N) is 2. The molecule has 0 saturated carbocycles. The summed E-state index contributed by atoms with van der Waals surface area (Å²) >= 11 is 1.51. The summed E-state index contributed by atoms with van der Waals surface area (Å²) in [5.41, 5.74) is 3.17. The van der Waals surface area contributed by atoms with Gasteiger partial charge in [-0.3, -0.25) is 9.59 Å². The predicted molar refractivity (Wildman–Crippen MR) is 119 cm³/mol. The molecule has 2 aliphatic rings. The van der Waals surface area contributed by atoms with Crippen molar-refractivity contribution in [3.8, 4) is 11.5 Å². The van der Waals surface area contributed by atoms with Gasteiger partial charge in [-0.1, -0.05) is 30.3 Å². The van der Waals surface area contributed by atoms with Gasteiger partial charge in [0.1, 0.15) is 5.00 Å². The molecule has 0 fully saturated rings. The van der Waals surface area contributed by atoms with E-state index in [1.54, 1.807) is 18.2 Å². The summed E-state index contributed by atoms with van der Waals surface area (Å²) < 4.78 is 10.7. The molecule has 3 aromatic rings. The first-order valence-corrected chi connectivity index (χ1v) is 11.2. The molecule has 6 nitrogen and oxygen atoms in total. The van der Waals surface area contributed by atoms with E-state index in [-0.39, 0.29) is 18.6 Å². The molecule has 0 saturated heterocycles. The molecule has 0 atom stereocenters. The SMILES string of the molecule is O=C(Nc1sc2c(c1C(=O)NCc1ccccc1)CCCC2)c1ccc2c(c1)OCO2. The summed E-state index contributed by atoms with van der Waals surface area (Å²) in [6, 6.07) is 14.9. The van der Waals surface area contributed by atoms with Crippen LogP contribution in [-0.4, -0.2) is 18.6 Å². The number of ether oxygens (including phenoxy) is 2. The molecule has 1 aliphatic carbocycles. The van der Waals surface area contributed by atoms with E-state index in [0.29, 0.717) is 34.2 Å². The quantitative estimate of drug-likeness (QED) is 0.618. The number of carbonyl (C=O) groups is 2. The topological polar surface area (TPSA) is 76.7 Å². The van der Waals surface area contributed by atoms with Crippen molar-refractivity contribution in [1.29, 1.82) is 0 Å². The molecule has 2 N–H and O–H groups in total. The lowest BCUT2D eigenvalue weighted by Gasteiger charge is -2.13. The Morgan fingerprint density at radius 2 is 1.74 bits per heavy atom. The van der Waals surface area contributed by atoms with E-state index >= 15 is 0 Å². The number of amides is 2. The van der Waals surface area contributed by atoms with Crippen LogP contribution in [0.1, 0.15) is 49.6 Å². The number of carbonyl (C=O) groups excluding carboxylic acids is 2. The smallest absolute Gasteiger partial charge is 0.256 e. The molecule has 0 spiro atoms. The highest BCUT2D eigenvalue weighted by Gasteiger charge is 2.27. The Labute approximate surface area is 184 Å². The highest BCUT2D eigenvalue weighted by Crippen LogP contribution is 2.39. The summed E-state index contributed by atoms with van der Waals surface area (Å²) in [7, 11) is 0. The van der Waals surface area contributed by atoms with E-state index in [4.69, 9.17) is 9.47 Å². The summed E-state index contributed by atoms with van der Waals surface area (Å²) in [5, 5.41) is 6.61. The van der Waals surface area contributed by atoms with Gasteiger partial charge < -0.3 is 20.1 Å². The van der Waals surface area contributed by atoms with Crippen LogP contribution < -0.4 is 20.1 Å². The van der Waals surface area contributed by atoms with Gasteiger partial charge in [-0.2, -0.15) is 0 Å². The van der Waals surface area contributed by atoms with Crippen LogP contribution in [0.5, 0.6) is 11.5 Å². The van der Waals surface area contributed by atoms with Crippen molar-refractivity contribution in [2.24, 2.45) is 0 Å². The molecular weight excluding hydrogens is 412 g/mol. The summed E-state index contributed by atoms with van der Waals surface area (Å²) in [6.07, 6.45) is 3.96. The van der Waals surface area contributed by atoms with Gasteiger partial charge in [-0.15, -0.1) is 11.3 Å². The van der Waals surface area contributed by atoms with Crippen molar-refractivity contribution >= 4 is 28.2 Å². The highest BCUT2D eigenvalue weighted by molar-refractivity contribution is 7.17. The van der Waals surface area contributed by atoms with Crippen molar-refractivity contribution in [3.05, 3.63) is 75.7 Å². The van der Waals surface area contributed by atoms with E-state index in [2.05, 4.69) is 10.6 Å². The molecular formula is C24H22N2O4S. The van der Waals surface area contributed by atoms with Crippen LogP contribution in [-0.2, 0) is 19.4 Å². The van der Waals surface area contributed by atoms with Gasteiger partial charge in [-0.05, 0) is 55.0 Å². The second kappa shape index (κ2) is 8.43. The molecule has 0 radical (unpaired) electrons. The fourth-order valence-corrected chi connectivity index (χ4v) is 5.26. The van der Waals surface area contributed by atoms with Crippen LogP contribution in [0.4, 0.5) is 5.00 Å². The van der Waals surface area contributed by atoms with Gasteiger partial charge in [0.25, 0.3) is 11.8 Å². The zero-order valence-corrected chi connectivity index (χ0v) is 17.7. The van der Waals surface area contributed by atoms with Gasteiger partial charge >= 0.3 is 0 Å². The van der Waals surface area contributed by atoms with Crippen LogP contribution in [0, 0.1) is 0 Å². The molecule has 1 aliphatic heterocycles. The Kier molecular flexibility index (Phi) is 5.34. The number of hydrogen-bond acceptors (Lipinski definition) is 5. The molecule has 2 heterocycles. The van der Waals surface area contributed by atoms with E-state index in [1.807, 2.05) is 30.3 Å². The lowest BCUT2D eigenvalue weighted by atomic mass is 9.95. The molecule has 2 aromatic carbocycles. The minimum absolute atomic E-state index is 0.149. The van der Waals surface area contributed by atoms with E-state index in [0.717, 1.165) is 36.8 Å². The third kappa shape index (κ3) is 4.01. The van der Waals surface area contributed by atoms with E-state index in [9.17, 15) is 9.59 Å². The highest BCUT2D eigenvalue weighted by atomic mass is 32.1. The fraction of sp³-hybridized carbons (Fsp3) is 0.250. The van der Waals surface area contributed by atoms with Crippen LogP contribution in [0.3, 0.4) is 0 Å². The first-order chi connectivity index (χ1) is 15.2. The Bertz CT molecular complexity index is 1140. The number of thiophene rings is 1. The standard InChI is InChI=1S/C24H22N2O4S/c27-22(16-10-11-18-19(12-16)30-14-29-18)26-24-21(17-8-4-5-9-20(17)31-24)23(28)25-13-15-6-2-1-3-7-15/h1-3,6-7,10-12H,4-5,8-9,13-14H2,(H,25,28)(H,26,27). The van der Waals surface area contributed by atoms with Crippen molar-refractivity contribution in [2.45, 2.75) is 32.2 Å². The minimum atomic E-state index is -0.269. The van der Waals surface area contributed by atoms with Crippen LogP contribution in [0.15, 0.2) is 48.5 Å². The van der Waals surface area contributed by atoms with Crippen LogP contribution in [0.25, 0.3) is 0 Å². The van der Waals surface area contributed by atoms with E-state index < -0.39 is 0 Å². The molecule has 158 valence electrons. The molecule has 5 rings (SSSR count). The third-order valence-corrected chi connectivity index (χ3v) is 6.76. The van der Waals surface area contributed by atoms with E-state index in [1.165, 1.54) is 16.2 Å². The average Bonchev–Trinajstić information content (AvgIpc) is 3.41. The summed E-state index contributed by atoms with van der Waals surface area (Å²) in [6.45, 7) is 0.601. The van der Waals surface area contributed by atoms with Crippen LogP contribution >= 0.6 is 11.3 Å². The fourth-order valence-electron chi connectivity index (χ4n) is 3.97. The monoisotopic (exact) mass is 434 g/mol. The van der Waals surface area contributed by atoms with Gasteiger partial charge in [0.15, 0.2) is 11.5 Å². The zero-order valence-electron chi connectivity index (χ0n) is 16.9.